The van der Waals surface area contributed by atoms with Gasteiger partial charge in [-0.15, -0.1) is 0 Å². The first kappa shape index (κ1) is 11.5. The van der Waals surface area contributed by atoms with Gasteiger partial charge in [0.1, 0.15) is 0 Å². The first-order valence-corrected chi connectivity index (χ1v) is 6.41. The van der Waals surface area contributed by atoms with E-state index in [1.165, 1.54) is 6.42 Å². The number of fused-ring (bicyclic) bond motifs is 1. The zero-order valence-corrected chi connectivity index (χ0v) is 11.1. The van der Waals surface area contributed by atoms with Crippen molar-refractivity contribution in [2.75, 3.05) is 0 Å². The molecular formula is C14H19N3O. The molecule has 3 unspecified atom stereocenters. The summed E-state index contributed by atoms with van der Waals surface area (Å²) < 4.78 is 3.35. The van der Waals surface area contributed by atoms with E-state index in [9.17, 15) is 4.79 Å². The summed E-state index contributed by atoms with van der Waals surface area (Å²) in [6, 6.07) is 6.21. The van der Waals surface area contributed by atoms with Gasteiger partial charge >= 0.3 is 5.69 Å². The summed E-state index contributed by atoms with van der Waals surface area (Å²) in [7, 11) is 3.60. The number of aryl methyl sites for hydroxylation is 2. The second-order valence-electron chi connectivity index (χ2n) is 5.55. The number of nitrogens with zero attached hydrogens (tertiary/aromatic N) is 2. The lowest BCUT2D eigenvalue weighted by Crippen LogP contribution is -2.19. The Labute approximate surface area is 106 Å². The maximum absolute atomic E-state index is 11.9. The number of nitrogens with two attached hydrogens (primary N) is 1. The monoisotopic (exact) mass is 245 g/mol. The number of aromatic nitrogens is 2. The van der Waals surface area contributed by atoms with Crippen LogP contribution >= 0.6 is 0 Å². The summed E-state index contributed by atoms with van der Waals surface area (Å²) in [5, 5.41) is 0. The lowest BCUT2D eigenvalue weighted by Gasteiger charge is -2.11. The van der Waals surface area contributed by atoms with E-state index in [2.05, 4.69) is 19.1 Å². The van der Waals surface area contributed by atoms with Crippen LogP contribution in [0.15, 0.2) is 23.0 Å². The highest BCUT2D eigenvalue weighted by Gasteiger charge is 2.38. The third-order valence-electron chi connectivity index (χ3n) is 4.31. The van der Waals surface area contributed by atoms with Crippen molar-refractivity contribution < 1.29 is 0 Å². The summed E-state index contributed by atoms with van der Waals surface area (Å²) in [5.74, 6) is 1.33. The van der Waals surface area contributed by atoms with E-state index < -0.39 is 0 Å². The van der Waals surface area contributed by atoms with Gasteiger partial charge in [-0.05, 0) is 36.0 Å². The molecule has 1 heterocycles. The molecule has 1 aromatic carbocycles. The highest BCUT2D eigenvalue weighted by Crippen LogP contribution is 2.45. The Morgan fingerprint density at radius 3 is 2.50 bits per heavy atom. The molecule has 0 aliphatic heterocycles. The van der Waals surface area contributed by atoms with E-state index in [1.807, 2.05) is 6.07 Å². The molecule has 0 amide bonds. The second-order valence-corrected chi connectivity index (χ2v) is 5.55. The molecule has 1 aliphatic rings. The van der Waals surface area contributed by atoms with Crippen molar-refractivity contribution in [2.45, 2.75) is 19.4 Å². The van der Waals surface area contributed by atoms with Crippen molar-refractivity contribution in [3.63, 3.8) is 0 Å². The molecule has 2 N–H and O–H groups in total. The van der Waals surface area contributed by atoms with E-state index in [-0.39, 0.29) is 11.7 Å². The van der Waals surface area contributed by atoms with Gasteiger partial charge in [-0.25, -0.2) is 4.79 Å². The molecule has 96 valence electrons. The number of hydrogen-bond acceptors (Lipinski definition) is 2. The van der Waals surface area contributed by atoms with Crippen molar-refractivity contribution in [3.8, 4) is 0 Å². The first-order chi connectivity index (χ1) is 8.50. The van der Waals surface area contributed by atoms with Crippen LogP contribution in [-0.4, -0.2) is 9.13 Å². The summed E-state index contributed by atoms with van der Waals surface area (Å²) in [4.78, 5) is 11.9. The number of hydrogen-bond donors (Lipinski definition) is 1. The predicted molar refractivity (Wildman–Crippen MR) is 72.4 cm³/mol. The van der Waals surface area contributed by atoms with Gasteiger partial charge in [0.05, 0.1) is 11.0 Å². The van der Waals surface area contributed by atoms with E-state index >= 15 is 0 Å². The number of benzene rings is 1. The Balaban J connectivity index is 2.11. The van der Waals surface area contributed by atoms with Gasteiger partial charge in [0.15, 0.2) is 0 Å². The standard InChI is InChI=1S/C14H19N3O/c1-8-6-10(8)13(15)9-4-5-11-12(7-9)17(3)14(18)16(11)2/h4-5,7-8,10,13H,6,15H2,1-3H3. The molecule has 3 rings (SSSR count). The summed E-state index contributed by atoms with van der Waals surface area (Å²) in [6.07, 6.45) is 1.22. The molecule has 1 fully saturated rings. The van der Waals surface area contributed by atoms with Crippen molar-refractivity contribution in [2.24, 2.45) is 31.7 Å². The number of imidazole rings is 1. The molecule has 1 aromatic heterocycles. The number of rotatable bonds is 2. The lowest BCUT2D eigenvalue weighted by molar-refractivity contribution is 0.594. The van der Waals surface area contributed by atoms with Gasteiger partial charge in [-0.3, -0.25) is 9.13 Å². The van der Waals surface area contributed by atoms with Crippen LogP contribution in [0.5, 0.6) is 0 Å². The third-order valence-corrected chi connectivity index (χ3v) is 4.31. The molecule has 4 heteroatoms. The zero-order chi connectivity index (χ0) is 13.0. The molecule has 4 nitrogen and oxygen atoms in total. The average Bonchev–Trinajstić information content (AvgIpc) is 3.07. The maximum Gasteiger partial charge on any atom is 0.328 e. The lowest BCUT2D eigenvalue weighted by atomic mass is 10.0. The molecular weight excluding hydrogens is 226 g/mol. The topological polar surface area (TPSA) is 52.9 Å². The highest BCUT2D eigenvalue weighted by atomic mass is 16.1. The van der Waals surface area contributed by atoms with Gasteiger partial charge in [-0.2, -0.15) is 0 Å². The minimum absolute atomic E-state index is 0.00973. The summed E-state index contributed by atoms with van der Waals surface area (Å²) in [6.45, 7) is 2.24. The van der Waals surface area contributed by atoms with Gasteiger partial charge in [0.2, 0.25) is 0 Å². The van der Waals surface area contributed by atoms with Crippen molar-refractivity contribution in [1.29, 1.82) is 0 Å². The SMILES string of the molecule is CC1CC1C(N)c1ccc2c(c1)n(C)c(=O)n2C. The molecule has 18 heavy (non-hydrogen) atoms. The van der Waals surface area contributed by atoms with Crippen LogP contribution in [0.4, 0.5) is 0 Å². The summed E-state index contributed by atoms with van der Waals surface area (Å²) in [5.41, 5.74) is 9.35. The molecule has 3 atom stereocenters. The van der Waals surface area contributed by atoms with Crippen molar-refractivity contribution >= 4 is 11.0 Å². The van der Waals surface area contributed by atoms with Crippen LogP contribution in [-0.2, 0) is 14.1 Å². The van der Waals surface area contributed by atoms with Crippen molar-refractivity contribution in [3.05, 3.63) is 34.2 Å². The Hall–Kier alpha value is -1.55. The quantitative estimate of drug-likeness (QED) is 0.872. The molecule has 0 bridgehead atoms. The normalized spacial score (nSPS) is 24.4. The maximum atomic E-state index is 11.9. The Morgan fingerprint density at radius 1 is 1.28 bits per heavy atom. The highest BCUT2D eigenvalue weighted by molar-refractivity contribution is 5.77. The van der Waals surface area contributed by atoms with E-state index in [0.29, 0.717) is 5.92 Å². The van der Waals surface area contributed by atoms with Gasteiger partial charge in [-0.1, -0.05) is 13.0 Å². The van der Waals surface area contributed by atoms with Gasteiger partial charge < -0.3 is 5.73 Å². The largest absolute Gasteiger partial charge is 0.328 e. The van der Waals surface area contributed by atoms with Crippen LogP contribution < -0.4 is 11.4 Å². The fourth-order valence-electron chi connectivity index (χ4n) is 2.83. The van der Waals surface area contributed by atoms with Crippen LogP contribution in [0.3, 0.4) is 0 Å². The average molecular weight is 245 g/mol. The second kappa shape index (κ2) is 3.72. The molecule has 0 radical (unpaired) electrons. The first-order valence-electron chi connectivity index (χ1n) is 6.41. The van der Waals surface area contributed by atoms with E-state index in [4.69, 9.17) is 5.73 Å². The van der Waals surface area contributed by atoms with E-state index in [1.54, 1.807) is 23.2 Å². The Bertz CT molecular complexity index is 667. The van der Waals surface area contributed by atoms with Crippen molar-refractivity contribution in [1.82, 2.24) is 9.13 Å². The Kier molecular flexibility index (Phi) is 2.38. The fourth-order valence-corrected chi connectivity index (χ4v) is 2.83. The predicted octanol–water partition coefficient (Wildman–Crippen LogP) is 1.53. The van der Waals surface area contributed by atoms with E-state index in [0.717, 1.165) is 22.5 Å². The smallest absolute Gasteiger partial charge is 0.324 e. The molecule has 2 aromatic rings. The van der Waals surface area contributed by atoms with Crippen LogP contribution in [0, 0.1) is 11.8 Å². The van der Waals surface area contributed by atoms with Gasteiger partial charge in [0.25, 0.3) is 0 Å². The summed E-state index contributed by atoms with van der Waals surface area (Å²) >= 11 is 0. The minimum Gasteiger partial charge on any atom is -0.324 e. The van der Waals surface area contributed by atoms with Crippen LogP contribution in [0.25, 0.3) is 11.0 Å². The molecule has 0 spiro atoms. The molecule has 1 aliphatic carbocycles. The van der Waals surface area contributed by atoms with Crippen LogP contribution in [0.1, 0.15) is 24.9 Å². The molecule has 0 saturated heterocycles. The molecule has 1 saturated carbocycles. The third kappa shape index (κ3) is 1.52. The zero-order valence-electron chi connectivity index (χ0n) is 11.1. The Morgan fingerprint density at radius 2 is 1.89 bits per heavy atom. The fraction of sp³-hybridized carbons (Fsp3) is 0.500. The van der Waals surface area contributed by atoms with Gasteiger partial charge in [0, 0.05) is 20.1 Å². The minimum atomic E-state index is 0.00973. The van der Waals surface area contributed by atoms with Crippen LogP contribution in [0.2, 0.25) is 0 Å².